The maximum Gasteiger partial charge on any atom is 0.253 e. The van der Waals surface area contributed by atoms with Gasteiger partial charge in [-0.05, 0) is 24.3 Å². The first kappa shape index (κ1) is 13.2. The van der Waals surface area contributed by atoms with Gasteiger partial charge in [0, 0.05) is 5.56 Å². The molecule has 0 unspecified atom stereocenters. The van der Waals surface area contributed by atoms with Crippen LogP contribution in [0.4, 0.5) is 10.3 Å². The van der Waals surface area contributed by atoms with Crippen molar-refractivity contribution >= 4 is 15.9 Å². The van der Waals surface area contributed by atoms with Crippen LogP contribution in [0.2, 0.25) is 0 Å². The average molecular weight is 287 g/mol. The number of sulfonamides is 1. The van der Waals surface area contributed by atoms with E-state index in [4.69, 9.17) is 4.42 Å². The minimum Gasteiger partial charge on any atom is -0.502 e. The second-order valence-electron chi connectivity index (χ2n) is 3.84. The van der Waals surface area contributed by atoms with Crippen molar-refractivity contribution in [3.63, 3.8) is 0 Å². The molecule has 0 amide bonds. The monoisotopic (exact) mass is 287 g/mol. The van der Waals surface area contributed by atoms with Gasteiger partial charge in [-0.1, -0.05) is 0 Å². The van der Waals surface area contributed by atoms with E-state index in [1.807, 2.05) is 4.72 Å². The molecule has 1 aromatic carbocycles. The van der Waals surface area contributed by atoms with Crippen LogP contribution in [0.15, 0.2) is 28.7 Å². The van der Waals surface area contributed by atoms with E-state index in [1.165, 1.54) is 12.1 Å². The van der Waals surface area contributed by atoms with E-state index in [0.29, 0.717) is 0 Å². The highest BCUT2D eigenvalue weighted by molar-refractivity contribution is 7.92. The van der Waals surface area contributed by atoms with Crippen molar-refractivity contribution in [3.8, 4) is 22.8 Å². The topological polar surface area (TPSA) is 99.8 Å². The maximum absolute atomic E-state index is 12.8. The van der Waals surface area contributed by atoms with Crippen molar-refractivity contribution < 1.29 is 27.4 Å². The Morgan fingerprint density at radius 2 is 1.74 bits per heavy atom. The third-order valence-corrected chi connectivity index (χ3v) is 2.80. The summed E-state index contributed by atoms with van der Waals surface area (Å²) in [5.74, 6) is -2.50. The summed E-state index contributed by atoms with van der Waals surface area (Å²) in [4.78, 5) is 0. The lowest BCUT2D eigenvalue weighted by atomic mass is 10.1. The van der Waals surface area contributed by atoms with Gasteiger partial charge in [-0.3, -0.25) is 4.72 Å². The van der Waals surface area contributed by atoms with E-state index < -0.39 is 33.2 Å². The lowest BCUT2D eigenvalue weighted by molar-refractivity contribution is 0.410. The molecule has 0 bridgehead atoms. The molecule has 8 heteroatoms. The molecule has 1 aromatic heterocycles. The first-order chi connectivity index (χ1) is 8.78. The Hall–Kier alpha value is -2.22. The molecule has 0 radical (unpaired) electrons. The zero-order valence-electron chi connectivity index (χ0n) is 9.71. The zero-order chi connectivity index (χ0) is 14.2. The number of aromatic hydroxyl groups is 2. The number of furan rings is 1. The van der Waals surface area contributed by atoms with Crippen LogP contribution in [-0.2, 0) is 10.0 Å². The van der Waals surface area contributed by atoms with Crippen LogP contribution >= 0.6 is 0 Å². The minimum absolute atomic E-state index is 0.163. The zero-order valence-corrected chi connectivity index (χ0v) is 10.5. The van der Waals surface area contributed by atoms with Crippen LogP contribution in [-0.4, -0.2) is 24.9 Å². The Morgan fingerprint density at radius 1 is 1.16 bits per heavy atom. The van der Waals surface area contributed by atoms with Crippen LogP contribution in [0.25, 0.3) is 11.3 Å². The number of hydrogen-bond donors (Lipinski definition) is 3. The molecule has 19 heavy (non-hydrogen) atoms. The largest absolute Gasteiger partial charge is 0.502 e. The number of nitrogens with one attached hydrogen (secondary N) is 1. The van der Waals surface area contributed by atoms with Gasteiger partial charge in [-0.2, -0.15) is 0 Å². The van der Waals surface area contributed by atoms with Gasteiger partial charge in [-0.25, -0.2) is 12.8 Å². The van der Waals surface area contributed by atoms with Crippen molar-refractivity contribution in [2.45, 2.75) is 0 Å². The molecule has 0 saturated heterocycles. The summed E-state index contributed by atoms with van der Waals surface area (Å²) in [5.41, 5.74) is 0.288. The predicted octanol–water partition coefficient (Wildman–Crippen LogP) is 1.87. The summed E-state index contributed by atoms with van der Waals surface area (Å²) in [6.45, 7) is 0. The van der Waals surface area contributed by atoms with Crippen LogP contribution < -0.4 is 4.72 Å². The van der Waals surface area contributed by atoms with Gasteiger partial charge >= 0.3 is 0 Å². The second kappa shape index (κ2) is 4.47. The number of hydrogen-bond acceptors (Lipinski definition) is 5. The first-order valence-corrected chi connectivity index (χ1v) is 6.95. The van der Waals surface area contributed by atoms with Gasteiger partial charge in [0.05, 0.1) is 6.26 Å². The van der Waals surface area contributed by atoms with Crippen LogP contribution in [0.5, 0.6) is 11.5 Å². The molecule has 0 aliphatic rings. The van der Waals surface area contributed by atoms with Crippen LogP contribution in [0.1, 0.15) is 0 Å². The summed E-state index contributed by atoms with van der Waals surface area (Å²) >= 11 is 0. The lowest BCUT2D eigenvalue weighted by Gasteiger charge is -1.99. The average Bonchev–Trinajstić information content (AvgIpc) is 2.57. The third-order valence-electron chi connectivity index (χ3n) is 2.24. The predicted molar refractivity (Wildman–Crippen MR) is 65.9 cm³/mol. The molecular formula is C11H10FNO5S. The highest BCUT2D eigenvalue weighted by Crippen LogP contribution is 2.45. The molecule has 0 saturated carbocycles. The van der Waals surface area contributed by atoms with E-state index in [0.717, 1.165) is 18.4 Å². The fourth-order valence-corrected chi connectivity index (χ4v) is 1.92. The molecule has 0 aliphatic carbocycles. The van der Waals surface area contributed by atoms with E-state index in [1.54, 1.807) is 0 Å². The van der Waals surface area contributed by atoms with E-state index in [9.17, 15) is 23.0 Å². The summed E-state index contributed by atoms with van der Waals surface area (Å²) in [6, 6.07) is 4.91. The summed E-state index contributed by atoms with van der Waals surface area (Å²) in [5, 5.41) is 19.2. The number of rotatable bonds is 3. The van der Waals surface area contributed by atoms with Crippen LogP contribution in [0, 0.1) is 5.82 Å². The number of benzene rings is 1. The summed E-state index contributed by atoms with van der Waals surface area (Å²) in [7, 11) is -3.67. The molecule has 0 atom stereocenters. The second-order valence-corrected chi connectivity index (χ2v) is 5.59. The number of anilines is 1. The van der Waals surface area contributed by atoms with Gasteiger partial charge < -0.3 is 14.6 Å². The quantitative estimate of drug-likeness (QED) is 0.800. The summed E-state index contributed by atoms with van der Waals surface area (Å²) < 4.78 is 41.8. The minimum atomic E-state index is -3.67. The molecule has 0 spiro atoms. The van der Waals surface area contributed by atoms with E-state index >= 15 is 0 Å². The Morgan fingerprint density at radius 3 is 2.26 bits per heavy atom. The SMILES string of the molecule is CS(=O)(=O)Nc1oc(-c2ccc(F)cc2)c(O)c1O. The van der Waals surface area contributed by atoms with Gasteiger partial charge in [0.15, 0.2) is 5.76 Å². The van der Waals surface area contributed by atoms with Gasteiger partial charge in [0.2, 0.25) is 21.5 Å². The Bertz CT molecular complexity index is 705. The lowest BCUT2D eigenvalue weighted by Crippen LogP contribution is -2.08. The highest BCUT2D eigenvalue weighted by Gasteiger charge is 2.22. The van der Waals surface area contributed by atoms with Crippen molar-refractivity contribution in [1.82, 2.24) is 0 Å². The molecular weight excluding hydrogens is 277 g/mol. The van der Waals surface area contributed by atoms with Crippen molar-refractivity contribution in [1.29, 1.82) is 0 Å². The Labute approximate surface area is 108 Å². The third kappa shape index (κ3) is 2.79. The van der Waals surface area contributed by atoms with E-state index in [2.05, 4.69) is 0 Å². The highest BCUT2D eigenvalue weighted by atomic mass is 32.2. The Kier molecular flexibility index (Phi) is 3.11. The maximum atomic E-state index is 12.8. The fraction of sp³-hybridized carbons (Fsp3) is 0.0909. The van der Waals surface area contributed by atoms with Crippen LogP contribution in [0.3, 0.4) is 0 Å². The van der Waals surface area contributed by atoms with Gasteiger partial charge in [0.25, 0.3) is 5.88 Å². The van der Waals surface area contributed by atoms with Crippen molar-refractivity contribution in [2.24, 2.45) is 0 Å². The first-order valence-electron chi connectivity index (χ1n) is 5.06. The van der Waals surface area contributed by atoms with Gasteiger partial charge in [-0.15, -0.1) is 0 Å². The van der Waals surface area contributed by atoms with Crippen molar-refractivity contribution in [2.75, 3.05) is 11.0 Å². The normalized spacial score (nSPS) is 11.5. The fourth-order valence-electron chi connectivity index (χ4n) is 1.45. The molecule has 102 valence electrons. The molecule has 0 fully saturated rings. The van der Waals surface area contributed by atoms with E-state index in [-0.39, 0.29) is 11.3 Å². The smallest absolute Gasteiger partial charge is 0.253 e. The molecule has 6 nitrogen and oxygen atoms in total. The molecule has 2 aromatic rings. The van der Waals surface area contributed by atoms with Gasteiger partial charge in [0.1, 0.15) is 5.82 Å². The standard InChI is InChI=1S/C11H10FNO5S/c1-19(16,17)13-11-9(15)8(14)10(18-11)6-2-4-7(12)5-3-6/h2-5,13-15H,1H3. The number of halogens is 1. The molecule has 3 N–H and O–H groups in total. The molecule has 1 heterocycles. The molecule has 0 aliphatic heterocycles. The van der Waals surface area contributed by atoms with Crippen molar-refractivity contribution in [3.05, 3.63) is 30.1 Å². The molecule has 2 rings (SSSR count). The summed E-state index contributed by atoms with van der Waals surface area (Å²) in [6.07, 6.45) is 0.865. The Balaban J connectivity index is 2.48.